The number of likely N-dealkylation sites (tertiary alicyclic amines) is 1. The first kappa shape index (κ1) is 20.8. The Kier molecular flexibility index (Phi) is 7.74. The molecule has 11 heteroatoms. The van der Waals surface area contributed by atoms with Gasteiger partial charge in [-0.2, -0.15) is 0 Å². The van der Waals surface area contributed by atoms with E-state index in [1.54, 1.807) is 0 Å². The van der Waals surface area contributed by atoms with Crippen molar-refractivity contribution in [2.75, 3.05) is 19.7 Å². The lowest BCUT2D eigenvalue weighted by molar-refractivity contribution is -0.150. The molecule has 0 aromatic carbocycles. The van der Waals surface area contributed by atoms with Gasteiger partial charge in [0.05, 0.1) is 19.3 Å². The van der Waals surface area contributed by atoms with Gasteiger partial charge in [-0.1, -0.05) is 0 Å². The molecule has 0 bridgehead atoms. The number of aliphatic hydroxyl groups excluding tert-OH is 2. The molecule has 4 atom stereocenters. The monoisotopic (exact) mass is 360 g/mol. The van der Waals surface area contributed by atoms with Crippen molar-refractivity contribution in [3.8, 4) is 0 Å². The Hall–Kier alpha value is -2.24. The van der Waals surface area contributed by atoms with Crippen LogP contribution in [0.5, 0.6) is 0 Å². The Morgan fingerprint density at radius 1 is 1.28 bits per heavy atom. The van der Waals surface area contributed by atoms with Crippen LogP contribution in [-0.4, -0.2) is 87.8 Å². The zero-order valence-electron chi connectivity index (χ0n) is 13.8. The summed E-state index contributed by atoms with van der Waals surface area (Å²) in [5.74, 6) is -3.48. The van der Waals surface area contributed by atoms with Crippen LogP contribution in [0.3, 0.4) is 0 Å². The number of nitrogens with one attached hydrogen (secondary N) is 2. The summed E-state index contributed by atoms with van der Waals surface area (Å²) in [6, 6.07) is -3.77. The van der Waals surface area contributed by atoms with E-state index in [2.05, 4.69) is 10.6 Å². The Labute approximate surface area is 144 Å². The first-order valence-corrected chi connectivity index (χ1v) is 7.84. The number of rotatable bonds is 8. The molecular weight excluding hydrogens is 336 g/mol. The second kappa shape index (κ2) is 9.30. The van der Waals surface area contributed by atoms with Gasteiger partial charge in [-0.25, -0.2) is 4.79 Å². The fourth-order valence-electron chi connectivity index (χ4n) is 2.57. The Morgan fingerprint density at radius 3 is 2.40 bits per heavy atom. The molecule has 1 saturated heterocycles. The molecule has 0 aliphatic carbocycles. The molecule has 25 heavy (non-hydrogen) atoms. The number of carbonyl (C=O) groups excluding carboxylic acids is 3. The summed E-state index contributed by atoms with van der Waals surface area (Å²) >= 11 is 0. The van der Waals surface area contributed by atoms with Crippen molar-refractivity contribution in [3.05, 3.63) is 0 Å². The molecule has 1 heterocycles. The summed E-state index contributed by atoms with van der Waals surface area (Å²) < 4.78 is 0. The van der Waals surface area contributed by atoms with Crippen LogP contribution in [0.15, 0.2) is 0 Å². The van der Waals surface area contributed by atoms with Crippen LogP contribution >= 0.6 is 0 Å². The van der Waals surface area contributed by atoms with E-state index in [4.69, 9.17) is 10.8 Å². The molecule has 0 spiro atoms. The number of nitrogens with zero attached hydrogens (tertiary/aromatic N) is 1. The van der Waals surface area contributed by atoms with Gasteiger partial charge in [0, 0.05) is 6.54 Å². The molecule has 0 aromatic rings. The third kappa shape index (κ3) is 5.37. The molecule has 0 radical (unpaired) electrons. The molecule has 0 aromatic heterocycles. The number of aliphatic hydroxyl groups is 2. The minimum atomic E-state index is -1.39. The van der Waals surface area contributed by atoms with Crippen LogP contribution in [0.4, 0.5) is 0 Å². The third-order valence-corrected chi connectivity index (χ3v) is 3.88. The molecule has 11 nitrogen and oxygen atoms in total. The number of carboxylic acids is 1. The average Bonchev–Trinajstić information content (AvgIpc) is 3.05. The van der Waals surface area contributed by atoms with E-state index in [9.17, 15) is 29.4 Å². The minimum absolute atomic E-state index is 0.200. The van der Waals surface area contributed by atoms with E-state index in [1.165, 1.54) is 6.92 Å². The van der Waals surface area contributed by atoms with Crippen molar-refractivity contribution in [1.29, 1.82) is 0 Å². The third-order valence-electron chi connectivity index (χ3n) is 3.88. The molecule has 1 fully saturated rings. The molecule has 1 aliphatic heterocycles. The summed E-state index contributed by atoms with van der Waals surface area (Å²) in [5, 5.41) is 32.6. The first-order chi connectivity index (χ1) is 11.7. The van der Waals surface area contributed by atoms with Crippen molar-refractivity contribution < 1.29 is 34.5 Å². The van der Waals surface area contributed by atoms with E-state index in [0.717, 1.165) is 4.90 Å². The van der Waals surface area contributed by atoms with Gasteiger partial charge in [0.1, 0.15) is 18.1 Å². The minimum Gasteiger partial charge on any atom is -0.480 e. The molecule has 4 unspecified atom stereocenters. The SMILES string of the molecule is CC(O)C(NC(=O)CN)C(=O)NC(CO)C(=O)N1CCCC1C(=O)O. The van der Waals surface area contributed by atoms with Gasteiger partial charge in [-0.15, -0.1) is 0 Å². The largest absolute Gasteiger partial charge is 0.480 e. The quantitative estimate of drug-likeness (QED) is 0.256. The van der Waals surface area contributed by atoms with Gasteiger partial charge < -0.3 is 36.6 Å². The number of carbonyl (C=O) groups is 4. The van der Waals surface area contributed by atoms with E-state index < -0.39 is 61.1 Å². The highest BCUT2D eigenvalue weighted by Crippen LogP contribution is 2.18. The highest BCUT2D eigenvalue weighted by atomic mass is 16.4. The van der Waals surface area contributed by atoms with E-state index in [-0.39, 0.29) is 13.0 Å². The van der Waals surface area contributed by atoms with Crippen molar-refractivity contribution in [2.45, 2.75) is 44.0 Å². The number of carboxylic acid groups (broad SMARTS) is 1. The molecule has 3 amide bonds. The van der Waals surface area contributed by atoms with Crippen LogP contribution in [0.2, 0.25) is 0 Å². The average molecular weight is 360 g/mol. The van der Waals surface area contributed by atoms with Crippen LogP contribution in [0, 0.1) is 0 Å². The smallest absolute Gasteiger partial charge is 0.326 e. The van der Waals surface area contributed by atoms with Crippen LogP contribution in [0.1, 0.15) is 19.8 Å². The number of nitrogens with two attached hydrogens (primary N) is 1. The molecule has 7 N–H and O–H groups in total. The summed E-state index contributed by atoms with van der Waals surface area (Å²) in [7, 11) is 0. The zero-order valence-corrected chi connectivity index (χ0v) is 13.8. The fourth-order valence-corrected chi connectivity index (χ4v) is 2.57. The van der Waals surface area contributed by atoms with Gasteiger partial charge in [0.2, 0.25) is 17.7 Å². The summed E-state index contributed by atoms with van der Waals surface area (Å²) in [6.45, 7) is 0.307. The van der Waals surface area contributed by atoms with Gasteiger partial charge in [0.15, 0.2) is 0 Å². The highest BCUT2D eigenvalue weighted by molar-refractivity contribution is 5.94. The Morgan fingerprint density at radius 2 is 1.92 bits per heavy atom. The zero-order chi connectivity index (χ0) is 19.1. The second-order valence-corrected chi connectivity index (χ2v) is 5.76. The van der Waals surface area contributed by atoms with E-state index >= 15 is 0 Å². The Balaban J connectivity index is 2.81. The maximum Gasteiger partial charge on any atom is 0.326 e. The van der Waals surface area contributed by atoms with Crippen molar-refractivity contribution >= 4 is 23.7 Å². The predicted octanol–water partition coefficient (Wildman–Crippen LogP) is -3.64. The van der Waals surface area contributed by atoms with E-state index in [0.29, 0.717) is 6.42 Å². The fraction of sp³-hybridized carbons (Fsp3) is 0.714. The molecule has 1 rings (SSSR count). The van der Waals surface area contributed by atoms with Gasteiger partial charge >= 0.3 is 5.97 Å². The lowest BCUT2D eigenvalue weighted by Gasteiger charge is -2.28. The van der Waals surface area contributed by atoms with Gasteiger partial charge in [0.25, 0.3) is 0 Å². The highest BCUT2D eigenvalue weighted by Gasteiger charge is 2.38. The summed E-state index contributed by atoms with van der Waals surface area (Å²) in [4.78, 5) is 48.2. The van der Waals surface area contributed by atoms with Gasteiger partial charge in [-0.3, -0.25) is 14.4 Å². The number of hydrogen-bond acceptors (Lipinski definition) is 7. The molecular formula is C14H24N4O7. The van der Waals surface area contributed by atoms with Gasteiger partial charge in [-0.05, 0) is 19.8 Å². The number of hydrogen-bond donors (Lipinski definition) is 6. The lowest BCUT2D eigenvalue weighted by Crippen LogP contribution is -2.59. The molecule has 142 valence electrons. The summed E-state index contributed by atoms with van der Waals surface area (Å²) in [5.41, 5.74) is 5.14. The molecule has 1 aliphatic rings. The predicted molar refractivity (Wildman–Crippen MR) is 84.1 cm³/mol. The maximum atomic E-state index is 12.4. The number of amides is 3. The van der Waals surface area contributed by atoms with Crippen molar-refractivity contribution in [2.24, 2.45) is 5.73 Å². The summed E-state index contributed by atoms with van der Waals surface area (Å²) in [6.07, 6.45) is -0.489. The van der Waals surface area contributed by atoms with E-state index in [1.807, 2.05) is 0 Å². The van der Waals surface area contributed by atoms with Crippen LogP contribution in [0.25, 0.3) is 0 Å². The van der Waals surface area contributed by atoms with Crippen LogP contribution in [-0.2, 0) is 19.2 Å². The standard InChI is InChI=1S/C14H24N4O7/c1-7(20)11(17-10(21)5-15)12(22)16-8(6-19)13(23)18-4-2-3-9(18)14(24)25/h7-9,11,19-20H,2-6,15H2,1H3,(H,16,22)(H,17,21)(H,24,25). The number of aliphatic carboxylic acids is 1. The normalized spacial score (nSPS) is 20.5. The van der Waals surface area contributed by atoms with Crippen LogP contribution < -0.4 is 16.4 Å². The second-order valence-electron chi connectivity index (χ2n) is 5.76. The maximum absolute atomic E-state index is 12.4. The Bertz CT molecular complexity index is 525. The topological polar surface area (TPSA) is 182 Å². The van der Waals surface area contributed by atoms with Crippen molar-refractivity contribution in [1.82, 2.24) is 15.5 Å². The molecule has 0 saturated carbocycles. The first-order valence-electron chi connectivity index (χ1n) is 7.84. The lowest BCUT2D eigenvalue weighted by atomic mass is 10.1. The van der Waals surface area contributed by atoms with Crippen molar-refractivity contribution in [3.63, 3.8) is 0 Å².